The molecule has 0 bridgehead atoms. The Kier molecular flexibility index (Phi) is 6.09. The van der Waals surface area contributed by atoms with Crippen LogP contribution in [0.15, 0.2) is 54.6 Å². The van der Waals surface area contributed by atoms with E-state index >= 15 is 0 Å². The summed E-state index contributed by atoms with van der Waals surface area (Å²) in [5.41, 5.74) is 5.41. The lowest BCUT2D eigenvalue weighted by Gasteiger charge is -2.22. The zero-order valence-corrected chi connectivity index (χ0v) is 20.6. The second-order valence-electron chi connectivity index (χ2n) is 9.60. The first-order valence-electron chi connectivity index (χ1n) is 11.0. The number of esters is 1. The summed E-state index contributed by atoms with van der Waals surface area (Å²) in [4.78, 5) is 39.7. The zero-order chi connectivity index (χ0) is 24.8. The largest absolute Gasteiger partial charge is 0.457 e. The van der Waals surface area contributed by atoms with Gasteiger partial charge in [0.15, 0.2) is 0 Å². The Morgan fingerprint density at radius 3 is 2.06 bits per heavy atom. The van der Waals surface area contributed by atoms with Crippen LogP contribution in [0.25, 0.3) is 0 Å². The molecule has 1 aliphatic heterocycles. The van der Waals surface area contributed by atoms with Gasteiger partial charge in [0.25, 0.3) is 11.8 Å². The summed E-state index contributed by atoms with van der Waals surface area (Å²) < 4.78 is 5.58. The lowest BCUT2D eigenvalue weighted by atomic mass is 9.84. The third-order valence-corrected chi connectivity index (χ3v) is 6.37. The highest BCUT2D eigenvalue weighted by molar-refractivity contribution is 6.35. The molecule has 0 N–H and O–H groups in total. The summed E-state index contributed by atoms with van der Waals surface area (Å²) in [6.07, 6.45) is 0. The standard InChI is InChI=1S/C28H26ClNO4/c1-16-12-19(28(3,4)5)13-17(2)24(16)15-34-27(33)18-6-11-22-23(14-18)26(32)30(25(22)31)21-9-7-20(29)8-10-21/h6-14H,15H2,1-5H3. The van der Waals surface area contributed by atoms with Crippen LogP contribution in [0.3, 0.4) is 0 Å². The normalized spacial score (nSPS) is 13.3. The molecular weight excluding hydrogens is 450 g/mol. The van der Waals surface area contributed by atoms with Crippen LogP contribution in [0.5, 0.6) is 0 Å². The van der Waals surface area contributed by atoms with Crippen molar-refractivity contribution in [2.24, 2.45) is 0 Å². The number of halogens is 1. The molecule has 0 unspecified atom stereocenters. The Bertz CT molecular complexity index is 1300. The van der Waals surface area contributed by atoms with Gasteiger partial charge in [0.05, 0.1) is 22.4 Å². The maximum Gasteiger partial charge on any atom is 0.338 e. The van der Waals surface area contributed by atoms with Crippen molar-refractivity contribution in [2.75, 3.05) is 4.90 Å². The summed E-state index contributed by atoms with van der Waals surface area (Å²) in [5.74, 6) is -1.47. The minimum Gasteiger partial charge on any atom is -0.457 e. The quantitative estimate of drug-likeness (QED) is 0.323. The Balaban J connectivity index is 1.54. The van der Waals surface area contributed by atoms with Gasteiger partial charge in [0.1, 0.15) is 6.61 Å². The third kappa shape index (κ3) is 4.36. The SMILES string of the molecule is Cc1cc(C(C)(C)C)cc(C)c1COC(=O)c1ccc2c(c1)C(=O)N(c1ccc(Cl)cc1)C2=O. The molecule has 4 rings (SSSR count). The van der Waals surface area contributed by atoms with Gasteiger partial charge in [-0.25, -0.2) is 9.69 Å². The van der Waals surface area contributed by atoms with E-state index in [2.05, 4.69) is 32.9 Å². The molecule has 0 fully saturated rings. The summed E-state index contributed by atoms with van der Waals surface area (Å²) in [6, 6.07) is 15.1. The van der Waals surface area contributed by atoms with E-state index in [1.807, 2.05) is 13.8 Å². The molecule has 34 heavy (non-hydrogen) atoms. The number of nitrogens with zero attached hydrogens (tertiary/aromatic N) is 1. The van der Waals surface area contributed by atoms with Gasteiger partial charge >= 0.3 is 5.97 Å². The van der Waals surface area contributed by atoms with Crippen LogP contribution < -0.4 is 4.90 Å². The third-order valence-electron chi connectivity index (χ3n) is 6.12. The summed E-state index contributed by atoms with van der Waals surface area (Å²) in [7, 11) is 0. The zero-order valence-electron chi connectivity index (χ0n) is 19.9. The second kappa shape index (κ2) is 8.73. The van der Waals surface area contributed by atoms with Crippen LogP contribution in [0.2, 0.25) is 5.02 Å². The number of ether oxygens (including phenoxy) is 1. The van der Waals surface area contributed by atoms with Gasteiger partial charge in [0.2, 0.25) is 0 Å². The van der Waals surface area contributed by atoms with Crippen LogP contribution in [0, 0.1) is 13.8 Å². The number of aryl methyl sites for hydroxylation is 2. The average molecular weight is 476 g/mol. The predicted octanol–water partition coefficient (Wildman–Crippen LogP) is 6.41. The number of hydrogen-bond donors (Lipinski definition) is 0. The molecule has 0 atom stereocenters. The van der Waals surface area contributed by atoms with Gasteiger partial charge in [-0.1, -0.05) is 44.5 Å². The van der Waals surface area contributed by atoms with E-state index in [1.54, 1.807) is 24.3 Å². The highest BCUT2D eigenvalue weighted by atomic mass is 35.5. The van der Waals surface area contributed by atoms with Crippen molar-refractivity contribution in [3.05, 3.63) is 98.6 Å². The molecule has 3 aromatic carbocycles. The van der Waals surface area contributed by atoms with Crippen LogP contribution in [0.4, 0.5) is 5.69 Å². The first kappa shape index (κ1) is 23.7. The van der Waals surface area contributed by atoms with E-state index in [0.29, 0.717) is 10.7 Å². The van der Waals surface area contributed by atoms with Gasteiger partial charge in [-0.3, -0.25) is 9.59 Å². The predicted molar refractivity (Wildman–Crippen MR) is 133 cm³/mol. The van der Waals surface area contributed by atoms with Gasteiger partial charge in [-0.05, 0) is 84.0 Å². The summed E-state index contributed by atoms with van der Waals surface area (Å²) >= 11 is 5.92. The number of amides is 2. The maximum atomic E-state index is 13.0. The van der Waals surface area contributed by atoms with Crippen molar-refractivity contribution < 1.29 is 19.1 Å². The molecular formula is C28H26ClNO4. The summed E-state index contributed by atoms with van der Waals surface area (Å²) in [5, 5.41) is 0.504. The number of imide groups is 1. The van der Waals surface area contributed by atoms with Crippen LogP contribution in [-0.4, -0.2) is 17.8 Å². The Morgan fingerprint density at radius 1 is 0.882 bits per heavy atom. The highest BCUT2D eigenvalue weighted by Crippen LogP contribution is 2.31. The van der Waals surface area contributed by atoms with E-state index in [-0.39, 0.29) is 28.7 Å². The molecule has 1 heterocycles. The molecule has 0 saturated heterocycles. The van der Waals surface area contributed by atoms with Crippen molar-refractivity contribution in [3.8, 4) is 0 Å². The smallest absolute Gasteiger partial charge is 0.338 e. The maximum absolute atomic E-state index is 13.0. The number of rotatable bonds is 4. The lowest BCUT2D eigenvalue weighted by Crippen LogP contribution is -2.29. The average Bonchev–Trinajstić information content (AvgIpc) is 3.02. The first-order valence-corrected chi connectivity index (χ1v) is 11.4. The van der Waals surface area contributed by atoms with E-state index < -0.39 is 17.8 Å². The first-order chi connectivity index (χ1) is 16.0. The Morgan fingerprint density at radius 2 is 1.47 bits per heavy atom. The van der Waals surface area contributed by atoms with Crippen molar-refractivity contribution in [2.45, 2.75) is 46.6 Å². The molecule has 5 nitrogen and oxygen atoms in total. The van der Waals surface area contributed by atoms with E-state index in [4.69, 9.17) is 16.3 Å². The van der Waals surface area contributed by atoms with Crippen molar-refractivity contribution >= 4 is 35.1 Å². The Labute approximate surface area is 204 Å². The molecule has 0 radical (unpaired) electrons. The highest BCUT2D eigenvalue weighted by Gasteiger charge is 2.37. The van der Waals surface area contributed by atoms with Crippen molar-refractivity contribution in [3.63, 3.8) is 0 Å². The number of carbonyl (C=O) groups is 3. The van der Waals surface area contributed by atoms with Gasteiger partial charge < -0.3 is 4.74 Å². The summed E-state index contributed by atoms with van der Waals surface area (Å²) in [6.45, 7) is 10.6. The van der Waals surface area contributed by atoms with Crippen molar-refractivity contribution in [1.29, 1.82) is 0 Å². The second-order valence-corrected chi connectivity index (χ2v) is 10.0. The molecule has 0 aliphatic carbocycles. The number of fused-ring (bicyclic) bond motifs is 1. The van der Waals surface area contributed by atoms with Crippen LogP contribution in [0.1, 0.15) is 74.1 Å². The van der Waals surface area contributed by atoms with Crippen LogP contribution >= 0.6 is 11.6 Å². The van der Waals surface area contributed by atoms with E-state index in [9.17, 15) is 14.4 Å². The number of anilines is 1. The molecule has 3 aromatic rings. The molecule has 0 spiro atoms. The lowest BCUT2D eigenvalue weighted by molar-refractivity contribution is 0.0471. The topological polar surface area (TPSA) is 63.7 Å². The number of benzene rings is 3. The molecule has 6 heteroatoms. The number of hydrogen-bond acceptors (Lipinski definition) is 4. The monoisotopic (exact) mass is 475 g/mol. The molecule has 0 saturated carbocycles. The number of carbonyl (C=O) groups excluding carboxylic acids is 3. The molecule has 0 aromatic heterocycles. The van der Waals surface area contributed by atoms with E-state index in [1.165, 1.54) is 23.8 Å². The fourth-order valence-electron chi connectivity index (χ4n) is 4.07. The van der Waals surface area contributed by atoms with E-state index in [0.717, 1.165) is 21.6 Å². The van der Waals surface area contributed by atoms with Gasteiger partial charge in [-0.15, -0.1) is 0 Å². The molecule has 174 valence electrons. The van der Waals surface area contributed by atoms with Crippen LogP contribution in [-0.2, 0) is 16.8 Å². The van der Waals surface area contributed by atoms with Crippen molar-refractivity contribution in [1.82, 2.24) is 0 Å². The fourth-order valence-corrected chi connectivity index (χ4v) is 4.19. The molecule has 1 aliphatic rings. The minimum absolute atomic E-state index is 0.0268. The fraction of sp³-hybridized carbons (Fsp3) is 0.250. The minimum atomic E-state index is -0.549. The van der Waals surface area contributed by atoms with Gasteiger partial charge in [-0.2, -0.15) is 0 Å². The van der Waals surface area contributed by atoms with Gasteiger partial charge in [0, 0.05) is 5.02 Å². The Hall–Kier alpha value is -3.44. The molecule has 2 amide bonds.